The molecule has 1 unspecified atom stereocenters. The van der Waals surface area contributed by atoms with Crippen molar-refractivity contribution in [2.24, 2.45) is 13.0 Å². The van der Waals surface area contributed by atoms with Gasteiger partial charge in [0.05, 0.1) is 6.61 Å². The van der Waals surface area contributed by atoms with Crippen molar-refractivity contribution < 1.29 is 14.3 Å². The summed E-state index contributed by atoms with van der Waals surface area (Å²) in [4.78, 5) is 31.2. The summed E-state index contributed by atoms with van der Waals surface area (Å²) in [5, 5.41) is 2.98. The summed E-state index contributed by atoms with van der Waals surface area (Å²) in [7, 11) is 1.81. The molecule has 2 aromatic rings. The fraction of sp³-hybridized carbons (Fsp3) is 0.476. The zero-order valence-corrected chi connectivity index (χ0v) is 16.6. The Morgan fingerprint density at radius 1 is 1.32 bits per heavy atom. The van der Waals surface area contributed by atoms with Crippen molar-refractivity contribution in [3.05, 3.63) is 48.0 Å². The highest BCUT2D eigenvalue weighted by atomic mass is 16.5. The number of aromatic nitrogens is 2. The molecule has 1 N–H and O–H groups in total. The normalized spacial score (nSPS) is 16.6. The summed E-state index contributed by atoms with van der Waals surface area (Å²) >= 11 is 0. The van der Waals surface area contributed by atoms with Gasteiger partial charge in [0.15, 0.2) is 5.82 Å². The highest BCUT2D eigenvalue weighted by Crippen LogP contribution is 2.21. The molecule has 3 rings (SSSR count). The third-order valence-corrected chi connectivity index (χ3v) is 5.06. The molecule has 150 valence electrons. The maximum atomic E-state index is 12.7. The summed E-state index contributed by atoms with van der Waals surface area (Å²) in [6.07, 6.45) is 5.70. The lowest BCUT2D eigenvalue weighted by atomic mass is 9.93. The van der Waals surface area contributed by atoms with E-state index in [1.165, 1.54) is 0 Å². The van der Waals surface area contributed by atoms with Gasteiger partial charge in [-0.3, -0.25) is 4.79 Å². The van der Waals surface area contributed by atoms with Gasteiger partial charge in [0.1, 0.15) is 5.75 Å². The van der Waals surface area contributed by atoms with E-state index in [1.54, 1.807) is 21.9 Å². The summed E-state index contributed by atoms with van der Waals surface area (Å²) in [6.45, 7) is 4.20. The van der Waals surface area contributed by atoms with Gasteiger partial charge >= 0.3 is 6.03 Å². The van der Waals surface area contributed by atoms with Gasteiger partial charge in [0.2, 0.25) is 5.78 Å². The first-order chi connectivity index (χ1) is 13.6. The largest absolute Gasteiger partial charge is 0.494 e. The number of Topliss-reactive ketones (excluding diaryl/α,β-unsaturated/α-hetero) is 1. The van der Waals surface area contributed by atoms with Crippen molar-refractivity contribution in [3.8, 4) is 5.75 Å². The first-order valence-corrected chi connectivity index (χ1v) is 9.85. The van der Waals surface area contributed by atoms with Crippen LogP contribution in [0.3, 0.4) is 0 Å². The van der Waals surface area contributed by atoms with E-state index in [1.807, 2.05) is 38.2 Å². The summed E-state index contributed by atoms with van der Waals surface area (Å²) in [6, 6.07) is 7.75. The standard InChI is InChI=1S/C21H28N4O3/c1-3-28-18-9-5-4-7-16(18)10-11-23-21(27)25-13-6-8-17(15-25)19(26)20-22-12-14-24(20)2/h4-5,7,9,12,14,17H,3,6,8,10-11,13,15H2,1-2H3,(H,23,27). The Labute approximate surface area is 165 Å². The number of nitrogens with zero attached hydrogens (tertiary/aromatic N) is 3. The number of carbonyl (C=O) groups excluding carboxylic acids is 2. The van der Waals surface area contributed by atoms with Crippen molar-refractivity contribution in [3.63, 3.8) is 0 Å². The average molecular weight is 384 g/mol. The number of benzene rings is 1. The lowest BCUT2D eigenvalue weighted by molar-refractivity contribution is 0.0832. The topological polar surface area (TPSA) is 76.5 Å². The Morgan fingerprint density at radius 3 is 2.89 bits per heavy atom. The van der Waals surface area contributed by atoms with Gasteiger partial charge in [-0.25, -0.2) is 9.78 Å². The molecular weight excluding hydrogens is 356 g/mol. The lowest BCUT2D eigenvalue weighted by Crippen LogP contribution is -2.47. The van der Waals surface area contributed by atoms with E-state index in [-0.39, 0.29) is 17.7 Å². The van der Waals surface area contributed by atoms with E-state index in [0.717, 1.165) is 24.2 Å². The van der Waals surface area contributed by atoms with E-state index < -0.39 is 0 Å². The lowest BCUT2D eigenvalue weighted by Gasteiger charge is -2.31. The molecular formula is C21H28N4O3. The molecule has 0 radical (unpaired) electrons. The number of likely N-dealkylation sites (tertiary alicyclic amines) is 1. The van der Waals surface area contributed by atoms with Crippen molar-refractivity contribution in [2.45, 2.75) is 26.2 Å². The number of amides is 2. The van der Waals surface area contributed by atoms with Crippen LogP contribution in [0, 0.1) is 5.92 Å². The quantitative estimate of drug-likeness (QED) is 0.745. The van der Waals surface area contributed by atoms with Gasteiger partial charge in [0.25, 0.3) is 0 Å². The monoisotopic (exact) mass is 384 g/mol. The average Bonchev–Trinajstić information content (AvgIpc) is 3.15. The van der Waals surface area contributed by atoms with Gasteiger partial charge in [-0.1, -0.05) is 18.2 Å². The van der Waals surface area contributed by atoms with E-state index in [2.05, 4.69) is 10.3 Å². The second-order valence-electron chi connectivity index (χ2n) is 7.03. The number of ketones is 1. The molecule has 2 amide bonds. The van der Waals surface area contributed by atoms with Gasteiger partial charge in [-0.05, 0) is 37.8 Å². The molecule has 1 aromatic carbocycles. The van der Waals surface area contributed by atoms with E-state index in [4.69, 9.17) is 4.74 Å². The Bertz CT molecular complexity index is 817. The zero-order chi connectivity index (χ0) is 19.9. The molecule has 0 bridgehead atoms. The van der Waals surface area contributed by atoms with Crippen molar-refractivity contribution in [2.75, 3.05) is 26.2 Å². The second kappa shape index (κ2) is 9.39. The number of hydrogen-bond donors (Lipinski definition) is 1. The Kier molecular flexibility index (Phi) is 6.68. The third kappa shape index (κ3) is 4.71. The Balaban J connectivity index is 1.52. The van der Waals surface area contributed by atoms with Crippen LogP contribution in [0.2, 0.25) is 0 Å². The van der Waals surface area contributed by atoms with Gasteiger partial charge in [-0.15, -0.1) is 0 Å². The number of carbonyl (C=O) groups is 2. The van der Waals surface area contributed by atoms with E-state index in [0.29, 0.717) is 38.5 Å². The van der Waals surface area contributed by atoms with Crippen molar-refractivity contribution >= 4 is 11.8 Å². The Hall–Kier alpha value is -2.83. The zero-order valence-electron chi connectivity index (χ0n) is 16.6. The molecule has 7 heteroatoms. The summed E-state index contributed by atoms with van der Waals surface area (Å²) < 4.78 is 7.36. The molecule has 1 aliphatic rings. The number of nitrogens with one attached hydrogen (secondary N) is 1. The predicted octanol–water partition coefficient (Wildman–Crippen LogP) is 2.67. The van der Waals surface area contributed by atoms with Crippen LogP contribution in [0.4, 0.5) is 4.79 Å². The maximum Gasteiger partial charge on any atom is 0.317 e. The number of urea groups is 1. The number of para-hydroxylation sites is 1. The first-order valence-electron chi connectivity index (χ1n) is 9.85. The number of ether oxygens (including phenoxy) is 1. The molecule has 0 saturated carbocycles. The van der Waals surface area contributed by atoms with Gasteiger partial charge in [-0.2, -0.15) is 0 Å². The summed E-state index contributed by atoms with van der Waals surface area (Å²) in [5.41, 5.74) is 1.08. The maximum absolute atomic E-state index is 12.7. The first kappa shape index (κ1) is 19.9. The molecule has 28 heavy (non-hydrogen) atoms. The highest BCUT2D eigenvalue weighted by molar-refractivity contribution is 5.95. The van der Waals surface area contributed by atoms with Crippen LogP contribution in [0.5, 0.6) is 5.75 Å². The molecule has 0 aliphatic carbocycles. The predicted molar refractivity (Wildman–Crippen MR) is 107 cm³/mol. The third-order valence-electron chi connectivity index (χ3n) is 5.06. The second-order valence-corrected chi connectivity index (χ2v) is 7.03. The number of hydrogen-bond acceptors (Lipinski definition) is 4. The molecule has 1 aromatic heterocycles. The number of piperidine rings is 1. The van der Waals surface area contributed by atoms with E-state index in [9.17, 15) is 9.59 Å². The molecule has 0 spiro atoms. The van der Waals surface area contributed by atoms with Crippen LogP contribution in [-0.2, 0) is 13.5 Å². The van der Waals surface area contributed by atoms with Crippen LogP contribution >= 0.6 is 0 Å². The molecule has 1 fully saturated rings. The molecule has 2 heterocycles. The molecule has 7 nitrogen and oxygen atoms in total. The Morgan fingerprint density at radius 2 is 2.14 bits per heavy atom. The minimum atomic E-state index is -0.195. The van der Waals surface area contributed by atoms with Crippen LogP contribution < -0.4 is 10.1 Å². The highest BCUT2D eigenvalue weighted by Gasteiger charge is 2.30. The van der Waals surface area contributed by atoms with Crippen LogP contribution in [0.1, 0.15) is 35.9 Å². The molecule has 1 atom stereocenters. The number of aryl methyl sites for hydroxylation is 1. The number of imidazole rings is 1. The minimum absolute atomic E-state index is 0.00985. The fourth-order valence-electron chi connectivity index (χ4n) is 3.58. The fourth-order valence-corrected chi connectivity index (χ4v) is 3.58. The van der Waals surface area contributed by atoms with Crippen LogP contribution in [-0.4, -0.2) is 52.5 Å². The van der Waals surface area contributed by atoms with Crippen molar-refractivity contribution in [1.29, 1.82) is 0 Å². The summed E-state index contributed by atoms with van der Waals surface area (Å²) in [5.74, 6) is 1.13. The van der Waals surface area contributed by atoms with Crippen molar-refractivity contribution in [1.82, 2.24) is 19.8 Å². The van der Waals surface area contributed by atoms with Gasteiger partial charge < -0.3 is 19.5 Å². The van der Waals surface area contributed by atoms with Gasteiger partial charge in [0, 0.05) is 45.0 Å². The van der Waals surface area contributed by atoms with Crippen LogP contribution in [0.25, 0.3) is 0 Å². The number of rotatable bonds is 7. The molecule has 1 saturated heterocycles. The smallest absolute Gasteiger partial charge is 0.317 e. The molecule has 1 aliphatic heterocycles. The minimum Gasteiger partial charge on any atom is -0.494 e. The van der Waals surface area contributed by atoms with Crippen LogP contribution in [0.15, 0.2) is 36.7 Å². The SMILES string of the molecule is CCOc1ccccc1CCNC(=O)N1CCCC(C(=O)c2nccn2C)C1. The van der Waals surface area contributed by atoms with E-state index >= 15 is 0 Å².